The Labute approximate surface area is 186 Å². The Kier molecular flexibility index (Phi) is 7.31. The molecule has 0 unspecified atom stereocenters. The quantitative estimate of drug-likeness (QED) is 0.609. The lowest BCUT2D eigenvalue weighted by atomic mass is 10.0. The van der Waals surface area contributed by atoms with Gasteiger partial charge in [0, 0.05) is 56.1 Å². The van der Waals surface area contributed by atoms with Crippen LogP contribution in [0.3, 0.4) is 0 Å². The van der Waals surface area contributed by atoms with Crippen molar-refractivity contribution in [1.82, 2.24) is 30.3 Å². The zero-order valence-corrected chi connectivity index (χ0v) is 17.8. The molecule has 1 saturated heterocycles. The summed E-state index contributed by atoms with van der Waals surface area (Å²) < 4.78 is 31.7. The van der Waals surface area contributed by atoms with Gasteiger partial charge < -0.3 is 15.3 Å². The van der Waals surface area contributed by atoms with E-state index >= 15 is 0 Å². The second-order valence-electron chi connectivity index (χ2n) is 7.64. The van der Waals surface area contributed by atoms with E-state index in [2.05, 4.69) is 25.4 Å². The Hall–Kier alpha value is -3.48. The minimum absolute atomic E-state index is 0.0946. The third kappa shape index (κ3) is 6.28. The summed E-state index contributed by atoms with van der Waals surface area (Å²) in [6, 6.07) is 6.02. The molecule has 0 radical (unpaired) electrons. The Bertz CT molecular complexity index is 1040. The van der Waals surface area contributed by atoms with Gasteiger partial charge in [-0.15, -0.1) is 0 Å². The molecule has 0 aliphatic carbocycles. The number of aliphatic carboxylic acids is 1. The first-order valence-corrected chi connectivity index (χ1v) is 10.1. The fourth-order valence-corrected chi connectivity index (χ4v) is 3.54. The fourth-order valence-electron chi connectivity index (χ4n) is 3.54. The molecular weight excluding hydrogens is 445 g/mol. The number of amides is 2. The van der Waals surface area contributed by atoms with Crippen LogP contribution in [-0.2, 0) is 29.1 Å². The van der Waals surface area contributed by atoms with Crippen molar-refractivity contribution in [1.29, 1.82) is 0 Å². The van der Waals surface area contributed by atoms with Crippen molar-refractivity contribution in [3.05, 3.63) is 46.5 Å². The van der Waals surface area contributed by atoms with Crippen molar-refractivity contribution < 1.29 is 32.7 Å². The molecule has 33 heavy (non-hydrogen) atoms. The van der Waals surface area contributed by atoms with E-state index in [1.807, 2.05) is 25.1 Å². The number of H-pyrrole nitrogens is 1. The lowest BCUT2D eigenvalue weighted by molar-refractivity contribution is -0.192. The molecule has 3 N–H and O–H groups in total. The first-order chi connectivity index (χ1) is 15.5. The lowest BCUT2D eigenvalue weighted by Crippen LogP contribution is -2.50. The highest BCUT2D eigenvalue weighted by molar-refractivity contribution is 5.96. The highest BCUT2D eigenvalue weighted by Crippen LogP contribution is 2.23. The SMILES string of the molecule is Cc1cccc(CN2CCc3[nH]nc(C(=O)N4CCNC(=O)C4)c3C2)n1.O=C(O)C(F)(F)F. The smallest absolute Gasteiger partial charge is 0.475 e. The van der Waals surface area contributed by atoms with E-state index in [0.29, 0.717) is 25.3 Å². The highest BCUT2D eigenvalue weighted by Gasteiger charge is 2.38. The van der Waals surface area contributed by atoms with Gasteiger partial charge in [-0.2, -0.15) is 18.3 Å². The standard InChI is InChI=1S/C18H22N6O2.C2HF3O2/c1-12-3-2-4-13(20-12)9-23-7-5-15-14(10-23)17(22-21-15)18(26)24-8-6-19-16(25)11-24;3-2(4,5)1(6)7/h2-4H,5-11H2,1H3,(H,19,25)(H,21,22);(H,6,7). The molecule has 0 atom stereocenters. The van der Waals surface area contributed by atoms with Crippen molar-refractivity contribution in [3.63, 3.8) is 0 Å². The number of hydrogen-bond acceptors (Lipinski definition) is 6. The first-order valence-electron chi connectivity index (χ1n) is 10.1. The molecule has 1 fully saturated rings. The average molecular weight is 468 g/mol. The number of pyridine rings is 1. The van der Waals surface area contributed by atoms with Gasteiger partial charge in [0.15, 0.2) is 5.69 Å². The number of aromatic amines is 1. The molecule has 10 nitrogen and oxygen atoms in total. The zero-order chi connectivity index (χ0) is 24.2. The first kappa shape index (κ1) is 24.2. The van der Waals surface area contributed by atoms with Crippen LogP contribution in [0.15, 0.2) is 18.2 Å². The number of carbonyl (C=O) groups is 3. The van der Waals surface area contributed by atoms with Gasteiger partial charge in [-0.3, -0.25) is 24.6 Å². The summed E-state index contributed by atoms with van der Waals surface area (Å²) in [7, 11) is 0. The lowest BCUT2D eigenvalue weighted by Gasteiger charge is -2.28. The molecule has 13 heteroatoms. The number of halogens is 3. The minimum atomic E-state index is -5.08. The van der Waals surface area contributed by atoms with Crippen molar-refractivity contribution in [2.75, 3.05) is 26.2 Å². The van der Waals surface area contributed by atoms with E-state index in [-0.39, 0.29) is 18.4 Å². The van der Waals surface area contributed by atoms with E-state index in [4.69, 9.17) is 9.90 Å². The number of rotatable bonds is 3. The predicted octanol–water partition coefficient (Wildman–Crippen LogP) is 0.877. The van der Waals surface area contributed by atoms with Gasteiger partial charge in [0.2, 0.25) is 5.91 Å². The minimum Gasteiger partial charge on any atom is -0.475 e. The number of hydrogen-bond donors (Lipinski definition) is 3. The van der Waals surface area contributed by atoms with Gasteiger partial charge >= 0.3 is 12.1 Å². The molecule has 0 saturated carbocycles. The molecule has 2 aliphatic heterocycles. The monoisotopic (exact) mass is 468 g/mol. The number of piperazine rings is 1. The molecule has 4 rings (SSSR count). The van der Waals surface area contributed by atoms with E-state index in [9.17, 15) is 22.8 Å². The molecule has 2 amide bonds. The summed E-state index contributed by atoms with van der Waals surface area (Å²) in [5, 5.41) is 17.1. The van der Waals surface area contributed by atoms with Crippen LogP contribution >= 0.6 is 0 Å². The molecular formula is C20H23F3N6O4. The number of fused-ring (bicyclic) bond motifs is 1. The van der Waals surface area contributed by atoms with Gasteiger partial charge in [0.05, 0.1) is 12.2 Å². The summed E-state index contributed by atoms with van der Waals surface area (Å²) >= 11 is 0. The normalized spacial score (nSPS) is 16.4. The topological polar surface area (TPSA) is 132 Å². The summed E-state index contributed by atoms with van der Waals surface area (Å²) in [5.74, 6) is -3.05. The Morgan fingerprint density at radius 3 is 2.58 bits per heavy atom. The number of carbonyl (C=O) groups excluding carboxylic acids is 2. The second kappa shape index (κ2) is 9.98. The molecule has 4 heterocycles. The number of nitrogens with one attached hydrogen (secondary N) is 2. The Balaban J connectivity index is 0.000000383. The average Bonchev–Trinajstić information content (AvgIpc) is 3.16. The summed E-state index contributed by atoms with van der Waals surface area (Å²) in [4.78, 5) is 41.7. The summed E-state index contributed by atoms with van der Waals surface area (Å²) in [5.41, 5.74) is 4.43. The maximum Gasteiger partial charge on any atom is 0.490 e. The van der Waals surface area contributed by atoms with Crippen molar-refractivity contribution in [3.8, 4) is 0 Å². The molecule has 2 aromatic heterocycles. The van der Waals surface area contributed by atoms with Crippen molar-refractivity contribution >= 4 is 17.8 Å². The van der Waals surface area contributed by atoms with Crippen molar-refractivity contribution in [2.45, 2.75) is 32.6 Å². The molecule has 178 valence electrons. The molecule has 2 aromatic rings. The van der Waals surface area contributed by atoms with Crippen LogP contribution in [0.5, 0.6) is 0 Å². The van der Waals surface area contributed by atoms with E-state index < -0.39 is 12.1 Å². The van der Waals surface area contributed by atoms with Gasteiger partial charge in [-0.05, 0) is 19.1 Å². The van der Waals surface area contributed by atoms with Crippen LogP contribution in [0.25, 0.3) is 0 Å². The molecule has 2 aliphatic rings. The van der Waals surface area contributed by atoms with Crippen LogP contribution < -0.4 is 5.32 Å². The molecule has 0 spiro atoms. The van der Waals surface area contributed by atoms with Crippen LogP contribution in [0.2, 0.25) is 0 Å². The van der Waals surface area contributed by atoms with Gasteiger partial charge in [0.25, 0.3) is 5.91 Å². The van der Waals surface area contributed by atoms with Crippen LogP contribution in [0.4, 0.5) is 13.2 Å². The van der Waals surface area contributed by atoms with E-state index in [0.717, 1.165) is 42.2 Å². The third-order valence-electron chi connectivity index (χ3n) is 5.11. The second-order valence-corrected chi connectivity index (χ2v) is 7.64. The van der Waals surface area contributed by atoms with E-state index in [1.54, 1.807) is 4.90 Å². The summed E-state index contributed by atoms with van der Waals surface area (Å²) in [6.45, 7) is 5.38. The van der Waals surface area contributed by atoms with Gasteiger partial charge in [-0.1, -0.05) is 6.07 Å². The number of aryl methyl sites for hydroxylation is 1. The number of carboxylic acid groups (broad SMARTS) is 1. The summed E-state index contributed by atoms with van der Waals surface area (Å²) in [6.07, 6.45) is -4.26. The fraction of sp³-hybridized carbons (Fsp3) is 0.450. The number of carboxylic acids is 1. The highest BCUT2D eigenvalue weighted by atomic mass is 19.4. The number of nitrogens with zero attached hydrogens (tertiary/aromatic N) is 4. The van der Waals surface area contributed by atoms with E-state index in [1.165, 1.54) is 0 Å². The van der Waals surface area contributed by atoms with Crippen LogP contribution in [-0.4, -0.2) is 80.2 Å². The van der Waals surface area contributed by atoms with Gasteiger partial charge in [-0.25, -0.2) is 4.79 Å². The number of alkyl halides is 3. The third-order valence-corrected chi connectivity index (χ3v) is 5.11. The van der Waals surface area contributed by atoms with Crippen molar-refractivity contribution in [2.24, 2.45) is 0 Å². The van der Waals surface area contributed by atoms with Crippen LogP contribution in [0, 0.1) is 6.92 Å². The Morgan fingerprint density at radius 1 is 1.21 bits per heavy atom. The Morgan fingerprint density at radius 2 is 1.94 bits per heavy atom. The van der Waals surface area contributed by atoms with Crippen LogP contribution in [0.1, 0.15) is 33.1 Å². The largest absolute Gasteiger partial charge is 0.490 e. The maximum atomic E-state index is 12.8. The number of aromatic nitrogens is 3. The predicted molar refractivity (Wildman–Crippen MR) is 108 cm³/mol. The van der Waals surface area contributed by atoms with Gasteiger partial charge in [0.1, 0.15) is 0 Å². The zero-order valence-electron chi connectivity index (χ0n) is 17.8. The molecule has 0 aromatic carbocycles. The molecule has 0 bridgehead atoms. The maximum absolute atomic E-state index is 12.8.